The first kappa shape index (κ1) is 14.4. The Morgan fingerprint density at radius 3 is 2.95 bits per heavy atom. The first-order valence-electron chi connectivity index (χ1n) is 6.24. The van der Waals surface area contributed by atoms with Crippen molar-refractivity contribution in [2.24, 2.45) is 0 Å². The van der Waals surface area contributed by atoms with Gasteiger partial charge in [0.1, 0.15) is 6.33 Å². The fourth-order valence-electron chi connectivity index (χ4n) is 1.70. The molecule has 0 radical (unpaired) electrons. The quantitative estimate of drug-likeness (QED) is 0.764. The average Bonchev–Trinajstić information content (AvgIpc) is 2.97. The Hall–Kier alpha value is -1.99. The Bertz CT molecular complexity index is 571. The lowest BCUT2D eigenvalue weighted by atomic mass is 10.1. The molecule has 2 aromatic rings. The van der Waals surface area contributed by atoms with E-state index in [0.717, 1.165) is 6.54 Å². The minimum Gasteiger partial charge on any atom is -0.351 e. The van der Waals surface area contributed by atoms with E-state index in [2.05, 4.69) is 26.2 Å². The molecule has 0 aliphatic heterocycles. The highest BCUT2D eigenvalue weighted by molar-refractivity contribution is 6.31. The number of rotatable bonds is 6. The van der Waals surface area contributed by atoms with Crippen LogP contribution in [0.1, 0.15) is 17.3 Å². The van der Waals surface area contributed by atoms with Crippen LogP contribution in [-0.4, -0.2) is 45.7 Å². The first-order valence-corrected chi connectivity index (χ1v) is 6.62. The highest BCUT2D eigenvalue weighted by atomic mass is 35.5. The number of benzene rings is 1. The molecule has 8 heteroatoms. The van der Waals surface area contributed by atoms with Crippen molar-refractivity contribution < 1.29 is 4.79 Å². The van der Waals surface area contributed by atoms with Crippen molar-refractivity contribution in [1.82, 2.24) is 30.8 Å². The molecule has 0 bridgehead atoms. The standard InChI is InChI=1S/C12H15ClN6O/c1-2-14-5-6-15-12(20)10-7-9(13)3-4-11(10)19-8-16-17-18-19/h3-4,7-8,14H,2,5-6H2,1H3,(H,15,20). The van der Waals surface area contributed by atoms with Gasteiger partial charge in [-0.15, -0.1) is 5.10 Å². The minimum absolute atomic E-state index is 0.212. The molecule has 0 saturated heterocycles. The maximum absolute atomic E-state index is 12.2. The van der Waals surface area contributed by atoms with E-state index in [-0.39, 0.29) is 5.91 Å². The number of aromatic nitrogens is 4. The Labute approximate surface area is 121 Å². The van der Waals surface area contributed by atoms with Crippen molar-refractivity contribution in [2.75, 3.05) is 19.6 Å². The van der Waals surface area contributed by atoms with Crippen LogP contribution < -0.4 is 10.6 Å². The van der Waals surface area contributed by atoms with E-state index in [4.69, 9.17) is 11.6 Å². The van der Waals surface area contributed by atoms with E-state index in [0.29, 0.717) is 29.4 Å². The van der Waals surface area contributed by atoms with E-state index in [1.54, 1.807) is 18.2 Å². The molecule has 2 rings (SSSR count). The minimum atomic E-state index is -0.212. The molecular weight excluding hydrogens is 280 g/mol. The summed E-state index contributed by atoms with van der Waals surface area (Å²) in [7, 11) is 0. The highest BCUT2D eigenvalue weighted by Crippen LogP contribution is 2.18. The van der Waals surface area contributed by atoms with Crippen LogP contribution in [-0.2, 0) is 0 Å². The van der Waals surface area contributed by atoms with E-state index < -0.39 is 0 Å². The summed E-state index contributed by atoms with van der Waals surface area (Å²) < 4.78 is 1.43. The Morgan fingerprint density at radius 2 is 2.25 bits per heavy atom. The van der Waals surface area contributed by atoms with E-state index in [1.165, 1.54) is 11.0 Å². The lowest BCUT2D eigenvalue weighted by Crippen LogP contribution is -2.32. The molecule has 0 atom stereocenters. The van der Waals surface area contributed by atoms with Crippen LogP contribution >= 0.6 is 11.6 Å². The van der Waals surface area contributed by atoms with Gasteiger partial charge in [0.25, 0.3) is 5.91 Å². The van der Waals surface area contributed by atoms with E-state index in [1.807, 2.05) is 6.92 Å². The van der Waals surface area contributed by atoms with Crippen molar-refractivity contribution in [3.05, 3.63) is 35.1 Å². The zero-order valence-electron chi connectivity index (χ0n) is 11.0. The third kappa shape index (κ3) is 3.52. The van der Waals surface area contributed by atoms with Gasteiger partial charge in [0, 0.05) is 18.1 Å². The molecule has 1 aromatic heterocycles. The van der Waals surface area contributed by atoms with Gasteiger partial charge in [-0.05, 0) is 35.2 Å². The largest absolute Gasteiger partial charge is 0.351 e. The predicted octanol–water partition coefficient (Wildman–Crippen LogP) is 0.655. The summed E-state index contributed by atoms with van der Waals surface area (Å²) >= 11 is 5.95. The normalized spacial score (nSPS) is 10.5. The zero-order valence-corrected chi connectivity index (χ0v) is 11.8. The summed E-state index contributed by atoms with van der Waals surface area (Å²) in [5.74, 6) is -0.212. The second-order valence-electron chi connectivity index (χ2n) is 4.03. The van der Waals surface area contributed by atoms with Crippen molar-refractivity contribution in [3.8, 4) is 5.69 Å². The second-order valence-corrected chi connectivity index (χ2v) is 4.46. The summed E-state index contributed by atoms with van der Waals surface area (Å²) in [5, 5.41) is 17.4. The molecule has 0 saturated carbocycles. The van der Waals surface area contributed by atoms with Gasteiger partial charge in [-0.25, -0.2) is 0 Å². The van der Waals surface area contributed by atoms with Crippen molar-refractivity contribution in [1.29, 1.82) is 0 Å². The van der Waals surface area contributed by atoms with Gasteiger partial charge in [-0.1, -0.05) is 18.5 Å². The van der Waals surface area contributed by atoms with Gasteiger partial charge >= 0.3 is 0 Å². The molecule has 1 amide bonds. The van der Waals surface area contributed by atoms with Crippen molar-refractivity contribution in [2.45, 2.75) is 6.92 Å². The number of likely N-dealkylation sites (N-methyl/N-ethyl adjacent to an activating group) is 1. The molecule has 0 fully saturated rings. The predicted molar refractivity (Wildman–Crippen MR) is 75.0 cm³/mol. The average molecular weight is 295 g/mol. The van der Waals surface area contributed by atoms with Gasteiger partial charge < -0.3 is 10.6 Å². The molecule has 1 heterocycles. The van der Waals surface area contributed by atoms with Crippen LogP contribution in [0, 0.1) is 0 Å². The van der Waals surface area contributed by atoms with E-state index >= 15 is 0 Å². The van der Waals surface area contributed by atoms with Crippen molar-refractivity contribution >= 4 is 17.5 Å². The SMILES string of the molecule is CCNCCNC(=O)c1cc(Cl)ccc1-n1cnnn1. The summed E-state index contributed by atoms with van der Waals surface area (Å²) in [6.45, 7) is 4.12. The fourth-order valence-corrected chi connectivity index (χ4v) is 1.87. The number of hydrogen-bond acceptors (Lipinski definition) is 5. The molecule has 20 heavy (non-hydrogen) atoms. The molecule has 0 unspecified atom stereocenters. The smallest absolute Gasteiger partial charge is 0.253 e. The molecular formula is C12H15ClN6O. The Balaban J connectivity index is 2.17. The number of halogens is 1. The van der Waals surface area contributed by atoms with Gasteiger partial charge in [0.15, 0.2) is 0 Å². The molecule has 0 aliphatic rings. The van der Waals surface area contributed by atoms with Crippen LogP contribution in [0.4, 0.5) is 0 Å². The number of amides is 1. The molecule has 7 nitrogen and oxygen atoms in total. The Morgan fingerprint density at radius 1 is 1.40 bits per heavy atom. The van der Waals surface area contributed by atoms with Gasteiger partial charge in [0.2, 0.25) is 0 Å². The zero-order chi connectivity index (χ0) is 14.4. The molecule has 2 N–H and O–H groups in total. The number of carbonyl (C=O) groups is 1. The maximum atomic E-state index is 12.2. The number of tetrazole rings is 1. The van der Waals surface area contributed by atoms with Crippen LogP contribution in [0.5, 0.6) is 0 Å². The molecule has 0 spiro atoms. The van der Waals surface area contributed by atoms with Gasteiger partial charge in [0.05, 0.1) is 11.3 Å². The monoisotopic (exact) mass is 294 g/mol. The van der Waals surface area contributed by atoms with Gasteiger partial charge in [-0.3, -0.25) is 4.79 Å². The maximum Gasteiger partial charge on any atom is 0.253 e. The number of carbonyl (C=O) groups excluding carboxylic acids is 1. The topological polar surface area (TPSA) is 84.7 Å². The first-order chi connectivity index (χ1) is 9.72. The molecule has 0 aliphatic carbocycles. The molecule has 1 aromatic carbocycles. The second kappa shape index (κ2) is 6.97. The fraction of sp³-hybridized carbons (Fsp3) is 0.333. The van der Waals surface area contributed by atoms with Crippen LogP contribution in [0.2, 0.25) is 5.02 Å². The number of nitrogens with zero attached hydrogens (tertiary/aromatic N) is 4. The number of hydrogen-bond donors (Lipinski definition) is 2. The summed E-state index contributed by atoms with van der Waals surface area (Å²) in [6, 6.07) is 4.99. The van der Waals surface area contributed by atoms with Crippen LogP contribution in [0.25, 0.3) is 5.69 Å². The van der Waals surface area contributed by atoms with Crippen LogP contribution in [0.3, 0.4) is 0 Å². The lowest BCUT2D eigenvalue weighted by Gasteiger charge is -2.10. The Kier molecular flexibility index (Phi) is 5.03. The third-order valence-corrected chi connectivity index (χ3v) is 2.87. The summed E-state index contributed by atoms with van der Waals surface area (Å²) in [6.07, 6.45) is 1.43. The molecule has 106 valence electrons. The van der Waals surface area contributed by atoms with Gasteiger partial charge in [-0.2, -0.15) is 4.68 Å². The highest BCUT2D eigenvalue weighted by Gasteiger charge is 2.14. The van der Waals surface area contributed by atoms with Crippen molar-refractivity contribution in [3.63, 3.8) is 0 Å². The van der Waals surface area contributed by atoms with Crippen LogP contribution in [0.15, 0.2) is 24.5 Å². The third-order valence-electron chi connectivity index (χ3n) is 2.64. The summed E-state index contributed by atoms with van der Waals surface area (Å²) in [5.41, 5.74) is 1.02. The lowest BCUT2D eigenvalue weighted by molar-refractivity contribution is 0.0954. The number of nitrogens with one attached hydrogen (secondary N) is 2. The summed E-state index contributed by atoms with van der Waals surface area (Å²) in [4.78, 5) is 12.2. The van der Waals surface area contributed by atoms with E-state index in [9.17, 15) is 4.79 Å².